The summed E-state index contributed by atoms with van der Waals surface area (Å²) in [6.07, 6.45) is -4.14. The summed E-state index contributed by atoms with van der Waals surface area (Å²) < 4.78 is 45.7. The first kappa shape index (κ1) is 21.1. The zero-order valence-electron chi connectivity index (χ0n) is 14.2. The highest BCUT2D eigenvalue weighted by Gasteiger charge is 2.35. The van der Waals surface area contributed by atoms with Crippen molar-refractivity contribution < 1.29 is 32.4 Å². The summed E-state index contributed by atoms with van der Waals surface area (Å²) in [6, 6.07) is 3.20. The van der Waals surface area contributed by atoms with Gasteiger partial charge in [-0.2, -0.15) is 5.10 Å². The van der Waals surface area contributed by atoms with E-state index >= 15 is 0 Å². The number of nitro groups is 1. The molecular weight excluding hydrogens is 405 g/mol. The van der Waals surface area contributed by atoms with Crippen LogP contribution in [0.2, 0.25) is 0 Å². The molecular formula is C15H13F3N4O5S. The Bertz CT molecular complexity index is 885. The lowest BCUT2D eigenvalue weighted by Gasteiger charge is -2.09. The van der Waals surface area contributed by atoms with Crippen LogP contribution in [0.15, 0.2) is 28.7 Å². The van der Waals surface area contributed by atoms with Crippen molar-refractivity contribution >= 4 is 34.3 Å². The second kappa shape index (κ2) is 9.12. The summed E-state index contributed by atoms with van der Waals surface area (Å²) in [5, 5.41) is 16.8. The minimum absolute atomic E-state index is 0.0297. The zero-order chi connectivity index (χ0) is 20.7. The molecule has 0 bridgehead atoms. The quantitative estimate of drug-likeness (QED) is 0.302. The van der Waals surface area contributed by atoms with Gasteiger partial charge < -0.3 is 9.47 Å². The molecule has 0 aliphatic carbocycles. The van der Waals surface area contributed by atoms with Crippen molar-refractivity contribution in [3.05, 3.63) is 45.0 Å². The zero-order valence-corrected chi connectivity index (χ0v) is 15.0. The van der Waals surface area contributed by atoms with Gasteiger partial charge in [0.2, 0.25) is 10.9 Å². The fourth-order valence-corrected chi connectivity index (χ4v) is 2.66. The number of benzene rings is 1. The van der Waals surface area contributed by atoms with Gasteiger partial charge in [0.1, 0.15) is 0 Å². The van der Waals surface area contributed by atoms with Gasteiger partial charge in [0.05, 0.1) is 35.4 Å². The van der Waals surface area contributed by atoms with Gasteiger partial charge in [0.25, 0.3) is 0 Å². The van der Waals surface area contributed by atoms with Crippen LogP contribution in [0.4, 0.5) is 24.0 Å². The third kappa shape index (κ3) is 6.19. The second-order valence-corrected chi connectivity index (χ2v) is 5.85. The van der Waals surface area contributed by atoms with Crippen molar-refractivity contribution in [2.45, 2.75) is 19.7 Å². The maximum atomic E-state index is 12.4. The first-order valence-electron chi connectivity index (χ1n) is 7.62. The van der Waals surface area contributed by atoms with E-state index in [1.807, 2.05) is 0 Å². The van der Waals surface area contributed by atoms with Crippen LogP contribution in [-0.4, -0.2) is 35.1 Å². The number of alkyl halides is 3. The standard InChI is InChI=1S/C15H13F3N4O5S/c1-2-26-12(23)6-10-8-28-14(20-10)21-19-7-9-4-3-5-11(13(9)22(24)25)27-15(16,17)18/h3-5,7-8H,2,6H2,1H3,(H,20,21). The molecule has 0 fully saturated rings. The summed E-state index contributed by atoms with van der Waals surface area (Å²) in [5.41, 5.74) is 1.84. The lowest BCUT2D eigenvalue weighted by atomic mass is 10.2. The molecule has 0 saturated heterocycles. The number of aromatic nitrogens is 1. The summed E-state index contributed by atoms with van der Waals surface area (Å²) in [4.78, 5) is 25.6. The van der Waals surface area contributed by atoms with Gasteiger partial charge >= 0.3 is 18.0 Å². The summed E-state index contributed by atoms with van der Waals surface area (Å²) in [6.45, 7) is 1.92. The Kier molecular flexibility index (Phi) is 6.87. The lowest BCUT2D eigenvalue weighted by molar-refractivity contribution is -0.388. The number of rotatable bonds is 8. The van der Waals surface area contributed by atoms with Crippen LogP contribution >= 0.6 is 11.3 Å². The maximum absolute atomic E-state index is 12.4. The largest absolute Gasteiger partial charge is 0.573 e. The first-order chi connectivity index (χ1) is 13.2. The van der Waals surface area contributed by atoms with E-state index in [0.29, 0.717) is 5.69 Å². The average molecular weight is 418 g/mol. The predicted molar refractivity (Wildman–Crippen MR) is 93.4 cm³/mol. The van der Waals surface area contributed by atoms with Crippen LogP contribution in [0.25, 0.3) is 0 Å². The van der Waals surface area contributed by atoms with Gasteiger partial charge in [-0.25, -0.2) is 4.98 Å². The van der Waals surface area contributed by atoms with Crippen LogP contribution in [0, 0.1) is 10.1 Å². The van der Waals surface area contributed by atoms with E-state index in [2.05, 4.69) is 20.2 Å². The number of anilines is 1. The Morgan fingerprint density at radius 3 is 2.86 bits per heavy atom. The Morgan fingerprint density at radius 2 is 2.21 bits per heavy atom. The van der Waals surface area contributed by atoms with Gasteiger partial charge in [-0.15, -0.1) is 24.5 Å². The van der Waals surface area contributed by atoms with Crippen LogP contribution < -0.4 is 10.2 Å². The Hall–Kier alpha value is -3.22. The van der Waals surface area contributed by atoms with Gasteiger partial charge in [-0.3, -0.25) is 20.3 Å². The molecule has 28 heavy (non-hydrogen) atoms. The van der Waals surface area contributed by atoms with Crippen molar-refractivity contribution in [1.82, 2.24) is 4.98 Å². The van der Waals surface area contributed by atoms with Crippen molar-refractivity contribution in [3.63, 3.8) is 0 Å². The third-order valence-electron chi connectivity index (χ3n) is 2.98. The molecule has 0 aliphatic rings. The summed E-state index contributed by atoms with van der Waals surface area (Å²) in [5.74, 6) is -1.40. The number of nitro benzene ring substituents is 1. The number of ether oxygens (including phenoxy) is 2. The summed E-state index contributed by atoms with van der Waals surface area (Å²) in [7, 11) is 0. The van der Waals surface area contributed by atoms with E-state index in [1.54, 1.807) is 12.3 Å². The monoisotopic (exact) mass is 418 g/mol. The molecule has 2 aromatic rings. The molecule has 1 N–H and O–H groups in total. The number of para-hydroxylation sites is 1. The molecule has 9 nitrogen and oxygen atoms in total. The molecule has 0 unspecified atom stereocenters. The molecule has 13 heteroatoms. The summed E-state index contributed by atoms with van der Waals surface area (Å²) >= 11 is 1.12. The number of carbonyl (C=O) groups is 1. The smallest absolute Gasteiger partial charge is 0.466 e. The molecule has 1 aromatic carbocycles. The SMILES string of the molecule is CCOC(=O)Cc1csc(NN=Cc2cccc(OC(F)(F)F)c2[N+](=O)[O-])n1. The van der Waals surface area contributed by atoms with Crippen LogP contribution in [-0.2, 0) is 16.0 Å². The van der Waals surface area contributed by atoms with Crippen molar-refractivity contribution in [2.75, 3.05) is 12.0 Å². The molecule has 0 spiro atoms. The van der Waals surface area contributed by atoms with Crippen molar-refractivity contribution in [2.24, 2.45) is 5.10 Å². The number of thiazole rings is 1. The highest BCUT2D eigenvalue weighted by molar-refractivity contribution is 7.13. The van der Waals surface area contributed by atoms with Gasteiger partial charge in [0.15, 0.2) is 0 Å². The fourth-order valence-electron chi connectivity index (χ4n) is 2.00. The lowest BCUT2D eigenvalue weighted by Crippen LogP contribution is -2.18. The predicted octanol–water partition coefficient (Wildman–Crippen LogP) is 3.50. The van der Waals surface area contributed by atoms with Gasteiger partial charge in [-0.05, 0) is 19.1 Å². The average Bonchev–Trinajstić information content (AvgIpc) is 3.00. The number of hydrogen-bond acceptors (Lipinski definition) is 9. The molecule has 0 aliphatic heterocycles. The molecule has 1 heterocycles. The molecule has 0 radical (unpaired) electrons. The molecule has 2 rings (SSSR count). The highest BCUT2D eigenvalue weighted by atomic mass is 32.1. The number of nitrogens with one attached hydrogen (secondary N) is 1. The minimum Gasteiger partial charge on any atom is -0.466 e. The topological polar surface area (TPSA) is 116 Å². The molecule has 0 amide bonds. The number of hydrogen-bond donors (Lipinski definition) is 1. The van der Waals surface area contributed by atoms with E-state index in [9.17, 15) is 28.1 Å². The maximum Gasteiger partial charge on any atom is 0.573 e. The number of hydrazone groups is 1. The third-order valence-corrected chi connectivity index (χ3v) is 3.78. The van der Waals surface area contributed by atoms with Crippen LogP contribution in [0.3, 0.4) is 0 Å². The fraction of sp³-hybridized carbons (Fsp3) is 0.267. The highest BCUT2D eigenvalue weighted by Crippen LogP contribution is 2.34. The van der Waals surface area contributed by atoms with E-state index in [-0.39, 0.29) is 23.7 Å². The Morgan fingerprint density at radius 1 is 1.46 bits per heavy atom. The number of halogens is 3. The van der Waals surface area contributed by atoms with Gasteiger partial charge in [-0.1, -0.05) is 6.07 Å². The minimum atomic E-state index is -5.07. The molecule has 0 saturated carbocycles. The Labute approximate surface area is 159 Å². The van der Waals surface area contributed by atoms with E-state index in [1.165, 1.54) is 6.07 Å². The van der Waals surface area contributed by atoms with Crippen molar-refractivity contribution in [3.8, 4) is 5.75 Å². The number of carbonyl (C=O) groups excluding carboxylic acids is 1. The number of esters is 1. The molecule has 150 valence electrons. The number of nitrogens with zero attached hydrogens (tertiary/aromatic N) is 3. The molecule has 1 aromatic heterocycles. The van der Waals surface area contributed by atoms with E-state index < -0.39 is 28.7 Å². The first-order valence-corrected chi connectivity index (χ1v) is 8.49. The Balaban J connectivity index is 2.12. The van der Waals surface area contributed by atoms with E-state index in [4.69, 9.17) is 4.74 Å². The van der Waals surface area contributed by atoms with Crippen LogP contribution in [0.5, 0.6) is 5.75 Å². The van der Waals surface area contributed by atoms with Crippen molar-refractivity contribution in [1.29, 1.82) is 0 Å². The van der Waals surface area contributed by atoms with Gasteiger partial charge in [0, 0.05) is 5.38 Å². The van der Waals surface area contributed by atoms with E-state index in [0.717, 1.165) is 29.7 Å². The second-order valence-electron chi connectivity index (χ2n) is 4.99. The normalized spacial score (nSPS) is 11.4. The van der Waals surface area contributed by atoms with Crippen LogP contribution in [0.1, 0.15) is 18.2 Å². The molecule has 0 atom stereocenters.